The zero-order chi connectivity index (χ0) is 69.0. The van der Waals surface area contributed by atoms with Gasteiger partial charge in [0.15, 0.2) is 12.2 Å². The van der Waals surface area contributed by atoms with Gasteiger partial charge in [0.1, 0.15) is 19.3 Å². The number of phosphoric ester groups is 2. The van der Waals surface area contributed by atoms with Crippen LogP contribution in [-0.4, -0.2) is 96.7 Å². The second-order valence-electron chi connectivity index (χ2n) is 24.1. The minimum absolute atomic E-state index is 0.0715. The van der Waals surface area contributed by atoms with Crippen LogP contribution in [0.15, 0.2) is 97.2 Å². The molecule has 0 aliphatic carbocycles. The standard InChI is InChI=1S/C75H130O17P2/c1-5-9-13-17-21-25-29-32-33-34-35-38-41-44-48-52-56-60-73(78)86-65-70(91-74(79)61-57-53-49-45-39-28-24-20-16-12-8-4)67-89-93(81,82)87-63-69(76)64-88-94(83,84)90-68-71(92-75(80)62-58-54-50-46-42-37-31-27-23-19-15-11-7-3)66-85-72(77)59-55-51-47-43-40-36-30-26-22-18-14-10-6-2/h9,13,20-21,24-27,30-33,35,38,44,48,69-71,76H,5-8,10-12,14-19,22-23,28-29,34,36-37,39-43,45-47,49-68H2,1-4H3,(H,81,82)(H,83,84)/b13-9-,24-20-,25-21-,30-26-,31-27-,33-32-,38-35-,48-44-. The van der Waals surface area contributed by atoms with E-state index >= 15 is 0 Å². The smallest absolute Gasteiger partial charge is 0.462 e. The largest absolute Gasteiger partial charge is 0.472 e. The van der Waals surface area contributed by atoms with Crippen molar-refractivity contribution >= 4 is 39.5 Å². The molecule has 94 heavy (non-hydrogen) atoms. The van der Waals surface area contributed by atoms with Crippen molar-refractivity contribution in [3.05, 3.63) is 97.2 Å². The first-order valence-corrected chi connectivity index (χ1v) is 39.5. The van der Waals surface area contributed by atoms with Crippen molar-refractivity contribution in [2.45, 2.75) is 316 Å². The average molecular weight is 1370 g/mol. The van der Waals surface area contributed by atoms with Crippen molar-refractivity contribution in [2.75, 3.05) is 39.6 Å². The number of hydrogen-bond acceptors (Lipinski definition) is 15. The van der Waals surface area contributed by atoms with Gasteiger partial charge in [0.05, 0.1) is 26.4 Å². The first-order chi connectivity index (χ1) is 45.7. The molecular formula is C75H130O17P2. The highest BCUT2D eigenvalue weighted by Crippen LogP contribution is 2.45. The molecule has 0 saturated carbocycles. The lowest BCUT2D eigenvalue weighted by molar-refractivity contribution is -0.161. The summed E-state index contributed by atoms with van der Waals surface area (Å²) < 4.78 is 68.2. The fourth-order valence-corrected chi connectivity index (χ4v) is 11.0. The van der Waals surface area contributed by atoms with Gasteiger partial charge in [-0.2, -0.15) is 0 Å². The molecule has 0 spiro atoms. The highest BCUT2D eigenvalue weighted by atomic mass is 31.2. The predicted molar refractivity (Wildman–Crippen MR) is 381 cm³/mol. The predicted octanol–water partition coefficient (Wildman–Crippen LogP) is 20.4. The number of esters is 4. The molecule has 0 saturated heterocycles. The molecule has 3 N–H and O–H groups in total. The number of hydrogen-bond donors (Lipinski definition) is 3. The Morgan fingerprint density at radius 1 is 0.309 bits per heavy atom. The second kappa shape index (κ2) is 67.5. The summed E-state index contributed by atoms with van der Waals surface area (Å²) in [5.41, 5.74) is 0. The Hall–Kier alpha value is -4.02. The molecule has 0 fully saturated rings. The number of aliphatic hydroxyl groups is 1. The van der Waals surface area contributed by atoms with Crippen LogP contribution >= 0.6 is 15.6 Å². The molecule has 542 valence electrons. The monoisotopic (exact) mass is 1360 g/mol. The summed E-state index contributed by atoms with van der Waals surface area (Å²) in [4.78, 5) is 72.6. The van der Waals surface area contributed by atoms with Crippen LogP contribution in [0.4, 0.5) is 0 Å². The minimum Gasteiger partial charge on any atom is -0.462 e. The highest BCUT2D eigenvalue weighted by molar-refractivity contribution is 7.47. The van der Waals surface area contributed by atoms with Gasteiger partial charge in [-0.25, -0.2) is 9.13 Å². The van der Waals surface area contributed by atoms with Crippen molar-refractivity contribution in [3.63, 3.8) is 0 Å². The first kappa shape index (κ1) is 90.0. The lowest BCUT2D eigenvalue weighted by atomic mass is 10.1. The van der Waals surface area contributed by atoms with Crippen LogP contribution in [0.3, 0.4) is 0 Å². The number of phosphoric acid groups is 2. The number of allylic oxidation sites excluding steroid dienone is 16. The SMILES string of the molecule is CC/C=C\C/C=C\C/C=C\C/C=C\C/C=C\CCCC(=O)OCC(COP(=O)(O)OCC(O)COP(=O)(O)OCC(COC(=O)CCCCCCC/C=C\CCCCCC)OC(=O)CCCCCCC/C=C\CCCCCC)OC(=O)CCCCCCC/C=C\CCCC. The van der Waals surface area contributed by atoms with E-state index in [0.717, 1.165) is 148 Å². The van der Waals surface area contributed by atoms with Gasteiger partial charge in [0.25, 0.3) is 0 Å². The summed E-state index contributed by atoms with van der Waals surface area (Å²) in [7, 11) is -9.96. The van der Waals surface area contributed by atoms with Crippen molar-refractivity contribution in [3.8, 4) is 0 Å². The zero-order valence-electron chi connectivity index (χ0n) is 58.9. The summed E-state index contributed by atoms with van der Waals surface area (Å²) >= 11 is 0. The van der Waals surface area contributed by atoms with E-state index in [4.69, 9.17) is 37.0 Å². The van der Waals surface area contributed by atoms with Gasteiger partial charge < -0.3 is 33.8 Å². The van der Waals surface area contributed by atoms with Crippen LogP contribution < -0.4 is 0 Å². The Morgan fingerprint density at radius 3 is 0.936 bits per heavy atom. The van der Waals surface area contributed by atoms with Gasteiger partial charge in [-0.15, -0.1) is 0 Å². The maximum Gasteiger partial charge on any atom is 0.472 e. The molecule has 0 aromatic rings. The molecule has 0 aliphatic rings. The van der Waals surface area contributed by atoms with Crippen LogP contribution in [0.1, 0.15) is 297 Å². The Labute approximate surface area is 569 Å². The molecule has 5 atom stereocenters. The Morgan fingerprint density at radius 2 is 0.574 bits per heavy atom. The quantitative estimate of drug-likeness (QED) is 0.0169. The van der Waals surface area contributed by atoms with Crippen molar-refractivity contribution in [1.29, 1.82) is 0 Å². The lowest BCUT2D eigenvalue weighted by Crippen LogP contribution is -2.30. The highest BCUT2D eigenvalue weighted by Gasteiger charge is 2.30. The molecule has 0 radical (unpaired) electrons. The van der Waals surface area contributed by atoms with Crippen molar-refractivity contribution in [2.24, 2.45) is 0 Å². The molecule has 0 aromatic heterocycles. The van der Waals surface area contributed by atoms with Crippen LogP contribution in [0.5, 0.6) is 0 Å². The van der Waals surface area contributed by atoms with E-state index in [9.17, 15) is 43.2 Å². The maximum atomic E-state index is 13.0. The van der Waals surface area contributed by atoms with Crippen LogP contribution in [0.25, 0.3) is 0 Å². The Kier molecular flexibility index (Phi) is 64.7. The van der Waals surface area contributed by atoms with E-state index in [1.165, 1.54) is 64.2 Å². The minimum atomic E-state index is -4.98. The zero-order valence-corrected chi connectivity index (χ0v) is 60.7. The number of carbonyl (C=O) groups excluding carboxylic acids is 4. The molecule has 0 rings (SSSR count). The fourth-order valence-electron chi connectivity index (χ4n) is 9.40. The summed E-state index contributed by atoms with van der Waals surface area (Å²) in [6.07, 6.45) is 68.5. The van der Waals surface area contributed by atoms with E-state index in [-0.39, 0.29) is 25.7 Å². The van der Waals surface area contributed by atoms with Crippen molar-refractivity contribution < 1.29 is 80.2 Å². The van der Waals surface area contributed by atoms with E-state index < -0.39 is 97.5 Å². The number of aliphatic hydroxyl groups excluding tert-OH is 1. The van der Waals surface area contributed by atoms with E-state index in [2.05, 4.69) is 113 Å². The normalized spacial score (nSPS) is 14.6. The third kappa shape index (κ3) is 66.6. The molecule has 0 heterocycles. The van der Waals surface area contributed by atoms with Gasteiger partial charge in [0.2, 0.25) is 0 Å². The molecule has 0 bridgehead atoms. The number of ether oxygens (including phenoxy) is 4. The van der Waals surface area contributed by atoms with E-state index in [0.29, 0.717) is 32.1 Å². The summed E-state index contributed by atoms with van der Waals surface area (Å²) in [6.45, 7) is 4.59. The van der Waals surface area contributed by atoms with Gasteiger partial charge in [-0.05, 0) is 135 Å². The second-order valence-corrected chi connectivity index (χ2v) is 27.0. The van der Waals surface area contributed by atoms with Crippen LogP contribution in [0.2, 0.25) is 0 Å². The average Bonchev–Trinajstić information content (AvgIpc) is 1.32. The van der Waals surface area contributed by atoms with Crippen LogP contribution in [-0.2, 0) is 65.4 Å². The van der Waals surface area contributed by atoms with Crippen LogP contribution in [0, 0.1) is 0 Å². The lowest BCUT2D eigenvalue weighted by Gasteiger charge is -2.21. The summed E-state index contributed by atoms with van der Waals surface area (Å²) in [6, 6.07) is 0. The number of unbranched alkanes of at least 4 members (excludes halogenated alkanes) is 26. The number of rotatable bonds is 68. The van der Waals surface area contributed by atoms with Gasteiger partial charge >= 0.3 is 39.5 Å². The fraction of sp³-hybridized carbons (Fsp3) is 0.733. The van der Waals surface area contributed by atoms with Gasteiger partial charge in [0, 0.05) is 25.7 Å². The summed E-state index contributed by atoms with van der Waals surface area (Å²) in [5.74, 6) is -2.27. The first-order valence-electron chi connectivity index (χ1n) is 36.5. The van der Waals surface area contributed by atoms with Gasteiger partial charge in [-0.3, -0.25) is 37.3 Å². The molecule has 0 amide bonds. The molecular weight excluding hydrogens is 1230 g/mol. The van der Waals surface area contributed by atoms with Gasteiger partial charge in [-0.1, -0.05) is 234 Å². The molecule has 17 nitrogen and oxygen atoms in total. The van der Waals surface area contributed by atoms with E-state index in [1.54, 1.807) is 0 Å². The maximum absolute atomic E-state index is 13.0. The molecule has 0 aromatic carbocycles. The number of carbonyl (C=O) groups is 4. The topological polar surface area (TPSA) is 237 Å². The third-order valence-corrected chi connectivity index (χ3v) is 16.9. The Balaban J connectivity index is 5.37. The molecule has 0 aliphatic heterocycles. The molecule has 19 heteroatoms. The third-order valence-electron chi connectivity index (χ3n) is 15.0. The molecule has 5 unspecified atom stereocenters. The summed E-state index contributed by atoms with van der Waals surface area (Å²) in [5, 5.41) is 10.6. The Bertz CT molecular complexity index is 2170. The van der Waals surface area contributed by atoms with Crippen molar-refractivity contribution in [1.82, 2.24) is 0 Å². The van der Waals surface area contributed by atoms with E-state index in [1.807, 2.05) is 12.2 Å².